The summed E-state index contributed by atoms with van der Waals surface area (Å²) in [4.78, 5) is 28.5. The molecule has 0 bridgehead atoms. The van der Waals surface area contributed by atoms with Crippen molar-refractivity contribution in [1.82, 2.24) is 14.9 Å². The second kappa shape index (κ2) is 7.32. The first kappa shape index (κ1) is 16.8. The van der Waals surface area contributed by atoms with Gasteiger partial charge in [0.25, 0.3) is 5.91 Å². The van der Waals surface area contributed by atoms with Crippen molar-refractivity contribution in [3.05, 3.63) is 47.7 Å². The molecule has 2 aliphatic heterocycles. The van der Waals surface area contributed by atoms with Crippen molar-refractivity contribution in [2.75, 3.05) is 49.1 Å². The van der Waals surface area contributed by atoms with Gasteiger partial charge in [-0.1, -0.05) is 18.2 Å². The first-order chi connectivity index (χ1) is 12.7. The first-order valence-electron chi connectivity index (χ1n) is 9.40. The lowest BCUT2D eigenvalue weighted by molar-refractivity contribution is 0.0746. The standard InChI is InChI=1S/C20H25N5O/c1-16-15-18(22-20(21-16)25-9-5-6-10-25)23-11-13-24(14-12-23)19(26)17-7-3-2-4-8-17/h2-4,7-8,15H,5-6,9-14H2,1H3. The number of anilines is 2. The van der Waals surface area contributed by atoms with Gasteiger partial charge >= 0.3 is 0 Å². The number of rotatable bonds is 3. The van der Waals surface area contributed by atoms with Crippen LogP contribution in [0.2, 0.25) is 0 Å². The Hall–Kier alpha value is -2.63. The highest BCUT2D eigenvalue weighted by Crippen LogP contribution is 2.22. The largest absolute Gasteiger partial charge is 0.353 e. The van der Waals surface area contributed by atoms with Crippen LogP contribution in [0.25, 0.3) is 0 Å². The number of carbonyl (C=O) groups excluding carboxylic acids is 1. The molecule has 0 radical (unpaired) electrons. The first-order valence-corrected chi connectivity index (χ1v) is 9.40. The number of aryl methyl sites for hydroxylation is 1. The Labute approximate surface area is 154 Å². The zero-order chi connectivity index (χ0) is 17.9. The molecular formula is C20H25N5O. The third kappa shape index (κ3) is 3.49. The summed E-state index contributed by atoms with van der Waals surface area (Å²) in [6.07, 6.45) is 2.43. The van der Waals surface area contributed by atoms with E-state index in [2.05, 4.69) is 14.8 Å². The van der Waals surface area contributed by atoms with E-state index < -0.39 is 0 Å². The molecule has 0 saturated carbocycles. The van der Waals surface area contributed by atoms with E-state index in [1.54, 1.807) is 0 Å². The van der Waals surface area contributed by atoms with Gasteiger partial charge in [-0.3, -0.25) is 4.79 Å². The van der Waals surface area contributed by atoms with Crippen LogP contribution in [0.5, 0.6) is 0 Å². The summed E-state index contributed by atoms with van der Waals surface area (Å²) < 4.78 is 0. The Morgan fingerprint density at radius 2 is 1.58 bits per heavy atom. The van der Waals surface area contributed by atoms with E-state index in [-0.39, 0.29) is 5.91 Å². The summed E-state index contributed by atoms with van der Waals surface area (Å²) in [6, 6.07) is 11.6. The average Bonchev–Trinajstić information content (AvgIpc) is 3.23. The summed E-state index contributed by atoms with van der Waals surface area (Å²) in [5, 5.41) is 0. The molecule has 2 aromatic rings. The molecule has 0 atom stereocenters. The number of amides is 1. The van der Waals surface area contributed by atoms with Crippen molar-refractivity contribution in [1.29, 1.82) is 0 Å². The molecule has 26 heavy (non-hydrogen) atoms. The van der Waals surface area contributed by atoms with E-state index in [4.69, 9.17) is 4.98 Å². The van der Waals surface area contributed by atoms with Crippen molar-refractivity contribution in [2.45, 2.75) is 19.8 Å². The van der Waals surface area contributed by atoms with Gasteiger partial charge in [-0.05, 0) is 31.9 Å². The molecule has 136 valence electrons. The van der Waals surface area contributed by atoms with Crippen molar-refractivity contribution in [2.24, 2.45) is 0 Å². The maximum atomic E-state index is 12.6. The molecule has 6 heteroatoms. The predicted octanol–water partition coefficient (Wildman–Crippen LogP) is 2.35. The van der Waals surface area contributed by atoms with Gasteiger partial charge in [-0.15, -0.1) is 0 Å². The molecule has 3 heterocycles. The number of piperazine rings is 1. The molecule has 0 unspecified atom stereocenters. The van der Waals surface area contributed by atoms with Crippen LogP contribution in [0.4, 0.5) is 11.8 Å². The average molecular weight is 351 g/mol. The van der Waals surface area contributed by atoms with Crippen LogP contribution in [0.15, 0.2) is 36.4 Å². The Bertz CT molecular complexity index is 765. The molecule has 0 spiro atoms. The van der Waals surface area contributed by atoms with E-state index in [1.807, 2.05) is 48.2 Å². The molecule has 0 aliphatic carbocycles. The van der Waals surface area contributed by atoms with Gasteiger partial charge in [0.15, 0.2) is 0 Å². The second-order valence-corrected chi connectivity index (χ2v) is 7.01. The van der Waals surface area contributed by atoms with Gasteiger partial charge in [-0.25, -0.2) is 4.98 Å². The Morgan fingerprint density at radius 1 is 0.885 bits per heavy atom. The quantitative estimate of drug-likeness (QED) is 0.850. The Balaban J connectivity index is 1.44. The lowest BCUT2D eigenvalue weighted by Crippen LogP contribution is -2.49. The Morgan fingerprint density at radius 3 is 2.27 bits per heavy atom. The normalized spacial score (nSPS) is 17.7. The van der Waals surface area contributed by atoms with Crippen LogP contribution >= 0.6 is 0 Å². The molecule has 2 fully saturated rings. The molecule has 6 nitrogen and oxygen atoms in total. The summed E-state index contributed by atoms with van der Waals surface area (Å²) in [6.45, 7) is 7.15. The van der Waals surface area contributed by atoms with E-state index in [9.17, 15) is 4.79 Å². The lowest BCUT2D eigenvalue weighted by atomic mass is 10.2. The highest BCUT2D eigenvalue weighted by Gasteiger charge is 2.24. The van der Waals surface area contributed by atoms with Crippen LogP contribution in [-0.2, 0) is 0 Å². The summed E-state index contributed by atoms with van der Waals surface area (Å²) in [7, 11) is 0. The van der Waals surface area contributed by atoms with Gasteiger partial charge in [0.1, 0.15) is 5.82 Å². The molecule has 1 aromatic heterocycles. The van der Waals surface area contributed by atoms with Crippen molar-refractivity contribution in [3.63, 3.8) is 0 Å². The molecule has 4 rings (SSSR count). The molecule has 2 aliphatic rings. The number of aromatic nitrogens is 2. The lowest BCUT2D eigenvalue weighted by Gasteiger charge is -2.35. The van der Waals surface area contributed by atoms with E-state index in [0.29, 0.717) is 0 Å². The minimum Gasteiger partial charge on any atom is -0.353 e. The SMILES string of the molecule is Cc1cc(N2CCN(C(=O)c3ccccc3)CC2)nc(N2CCCC2)n1. The summed E-state index contributed by atoms with van der Waals surface area (Å²) >= 11 is 0. The number of carbonyl (C=O) groups is 1. The molecule has 0 N–H and O–H groups in total. The third-order valence-corrected chi connectivity index (χ3v) is 5.13. The third-order valence-electron chi connectivity index (χ3n) is 5.13. The smallest absolute Gasteiger partial charge is 0.253 e. The highest BCUT2D eigenvalue weighted by atomic mass is 16.2. The van der Waals surface area contributed by atoms with Gasteiger partial charge in [0.05, 0.1) is 0 Å². The van der Waals surface area contributed by atoms with Crippen LogP contribution in [0.3, 0.4) is 0 Å². The van der Waals surface area contributed by atoms with Gasteiger partial charge in [-0.2, -0.15) is 4.98 Å². The second-order valence-electron chi connectivity index (χ2n) is 7.01. The molecule has 1 amide bonds. The zero-order valence-corrected chi connectivity index (χ0v) is 15.3. The number of benzene rings is 1. The van der Waals surface area contributed by atoms with Crippen LogP contribution < -0.4 is 9.80 Å². The van der Waals surface area contributed by atoms with Crippen LogP contribution in [0, 0.1) is 6.92 Å². The highest BCUT2D eigenvalue weighted by molar-refractivity contribution is 5.94. The fraction of sp³-hybridized carbons (Fsp3) is 0.450. The number of hydrogen-bond acceptors (Lipinski definition) is 5. The van der Waals surface area contributed by atoms with Crippen molar-refractivity contribution >= 4 is 17.7 Å². The number of hydrogen-bond donors (Lipinski definition) is 0. The van der Waals surface area contributed by atoms with Crippen molar-refractivity contribution in [3.8, 4) is 0 Å². The van der Waals surface area contributed by atoms with E-state index >= 15 is 0 Å². The van der Waals surface area contributed by atoms with Crippen LogP contribution in [-0.4, -0.2) is 60.0 Å². The fourth-order valence-electron chi connectivity index (χ4n) is 3.66. The zero-order valence-electron chi connectivity index (χ0n) is 15.3. The van der Waals surface area contributed by atoms with Gasteiger partial charge in [0.2, 0.25) is 5.95 Å². The number of nitrogens with zero attached hydrogens (tertiary/aromatic N) is 5. The van der Waals surface area contributed by atoms with Gasteiger partial charge < -0.3 is 14.7 Å². The van der Waals surface area contributed by atoms with E-state index in [0.717, 1.165) is 62.3 Å². The van der Waals surface area contributed by atoms with Crippen molar-refractivity contribution < 1.29 is 4.79 Å². The molecule has 1 aromatic carbocycles. The fourth-order valence-corrected chi connectivity index (χ4v) is 3.66. The van der Waals surface area contributed by atoms with Gasteiger partial charge in [0, 0.05) is 56.6 Å². The van der Waals surface area contributed by atoms with Crippen LogP contribution in [0.1, 0.15) is 28.9 Å². The maximum Gasteiger partial charge on any atom is 0.253 e. The monoisotopic (exact) mass is 351 g/mol. The summed E-state index contributed by atoms with van der Waals surface area (Å²) in [5.74, 6) is 1.94. The minimum absolute atomic E-state index is 0.113. The minimum atomic E-state index is 0.113. The van der Waals surface area contributed by atoms with E-state index in [1.165, 1.54) is 12.8 Å². The maximum absolute atomic E-state index is 12.6. The molecule has 2 saturated heterocycles. The topological polar surface area (TPSA) is 52.6 Å². The Kier molecular flexibility index (Phi) is 4.73. The molecular weight excluding hydrogens is 326 g/mol. The summed E-state index contributed by atoms with van der Waals surface area (Å²) in [5.41, 5.74) is 1.76. The predicted molar refractivity (Wildman–Crippen MR) is 103 cm³/mol.